The van der Waals surface area contributed by atoms with Crippen molar-refractivity contribution in [2.45, 2.75) is 26.7 Å². The van der Waals surface area contributed by atoms with Gasteiger partial charge in [-0.3, -0.25) is 4.79 Å². The maximum absolute atomic E-state index is 13.2. The van der Waals surface area contributed by atoms with Gasteiger partial charge < -0.3 is 18.8 Å². The van der Waals surface area contributed by atoms with Crippen molar-refractivity contribution < 1.29 is 18.7 Å². The van der Waals surface area contributed by atoms with E-state index in [4.69, 9.17) is 13.9 Å². The first-order valence-corrected chi connectivity index (χ1v) is 11.4. The van der Waals surface area contributed by atoms with Gasteiger partial charge in [-0.15, -0.1) is 0 Å². The number of nitrogens with zero attached hydrogens (tertiary/aromatic N) is 1. The molecule has 6 nitrogen and oxygen atoms in total. The van der Waals surface area contributed by atoms with Crippen LogP contribution in [0.1, 0.15) is 47.5 Å². The highest BCUT2D eigenvalue weighted by Crippen LogP contribution is 2.34. The summed E-state index contributed by atoms with van der Waals surface area (Å²) in [5, 5.41) is 0.414. The zero-order valence-electron chi connectivity index (χ0n) is 19.3. The minimum atomic E-state index is -0.427. The lowest BCUT2D eigenvalue weighted by Gasteiger charge is -2.17. The molecular formula is C27H29NO5. The summed E-state index contributed by atoms with van der Waals surface area (Å²) in [5.41, 5.74) is 3.43. The van der Waals surface area contributed by atoms with Gasteiger partial charge in [-0.05, 0) is 73.5 Å². The molecule has 0 saturated carbocycles. The third-order valence-electron chi connectivity index (χ3n) is 6.15. The number of hydrogen-bond acceptors (Lipinski definition) is 6. The molecule has 0 fully saturated rings. The summed E-state index contributed by atoms with van der Waals surface area (Å²) in [5.74, 6) is 1.01. The Labute approximate surface area is 193 Å². The van der Waals surface area contributed by atoms with Gasteiger partial charge in [-0.2, -0.15) is 0 Å². The van der Waals surface area contributed by atoms with Crippen molar-refractivity contribution in [1.82, 2.24) is 4.90 Å². The van der Waals surface area contributed by atoms with Crippen LogP contribution in [0.4, 0.5) is 0 Å². The molecule has 1 heterocycles. The van der Waals surface area contributed by atoms with Crippen LogP contribution in [-0.2, 0) is 11.2 Å². The first kappa shape index (κ1) is 22.8. The fourth-order valence-electron chi connectivity index (χ4n) is 4.15. The summed E-state index contributed by atoms with van der Waals surface area (Å²) in [6.45, 7) is 6.96. The third kappa shape index (κ3) is 4.86. The number of rotatable bonds is 8. The largest absolute Gasteiger partial charge is 0.497 e. The zero-order valence-corrected chi connectivity index (χ0v) is 19.3. The van der Waals surface area contributed by atoms with E-state index >= 15 is 0 Å². The van der Waals surface area contributed by atoms with Crippen LogP contribution in [0.2, 0.25) is 0 Å². The second-order valence-corrected chi connectivity index (χ2v) is 8.06. The number of fused-ring (bicyclic) bond motifs is 2. The molecule has 4 rings (SSSR count). The van der Waals surface area contributed by atoms with Crippen molar-refractivity contribution in [2.75, 3.05) is 33.4 Å². The summed E-state index contributed by atoms with van der Waals surface area (Å²) in [6, 6.07) is 12.7. The van der Waals surface area contributed by atoms with Crippen LogP contribution in [0, 0.1) is 0 Å². The van der Waals surface area contributed by atoms with Gasteiger partial charge in [0.2, 0.25) is 0 Å². The quantitative estimate of drug-likeness (QED) is 0.463. The number of allylic oxidation sites excluding steroid dienone is 1. The predicted octanol–water partition coefficient (Wildman–Crippen LogP) is 4.79. The molecule has 1 aromatic heterocycles. The minimum Gasteiger partial charge on any atom is -0.497 e. The Balaban J connectivity index is 1.58. The van der Waals surface area contributed by atoms with E-state index in [1.54, 1.807) is 25.3 Å². The topological polar surface area (TPSA) is 69.0 Å². The third-order valence-corrected chi connectivity index (χ3v) is 6.15. The summed E-state index contributed by atoms with van der Waals surface area (Å²) < 4.78 is 16.8. The number of hydrogen-bond donors (Lipinski definition) is 0. The Hall–Kier alpha value is -3.38. The average molecular weight is 448 g/mol. The normalized spacial score (nSPS) is 14.1. The standard InChI is InChI=1S/C27H29NO5/c1-4-28(5-2)14-15-32-27(30)20-9-13-24-23(17-20)25(29)22-12-8-19(26(22)33-24)16-18-6-10-21(31-3)11-7-18/h6-7,9-11,13,16-17H,4-5,8,12,14-15H2,1-3H3. The number of benzene rings is 2. The van der Waals surface area contributed by atoms with Crippen LogP contribution in [0.3, 0.4) is 0 Å². The molecule has 33 heavy (non-hydrogen) atoms. The Morgan fingerprint density at radius 1 is 1.09 bits per heavy atom. The van der Waals surface area contributed by atoms with Crippen LogP contribution >= 0.6 is 0 Å². The lowest BCUT2D eigenvalue weighted by molar-refractivity contribution is 0.0466. The van der Waals surface area contributed by atoms with Crippen molar-refractivity contribution >= 4 is 28.6 Å². The van der Waals surface area contributed by atoms with E-state index in [-0.39, 0.29) is 5.43 Å². The Morgan fingerprint density at radius 3 is 2.55 bits per heavy atom. The highest BCUT2D eigenvalue weighted by Gasteiger charge is 2.24. The first-order valence-electron chi connectivity index (χ1n) is 11.4. The molecule has 0 amide bonds. The molecule has 1 aliphatic rings. The fraction of sp³-hybridized carbons (Fsp3) is 0.333. The van der Waals surface area contributed by atoms with Gasteiger partial charge in [0.15, 0.2) is 5.43 Å². The maximum Gasteiger partial charge on any atom is 0.338 e. The summed E-state index contributed by atoms with van der Waals surface area (Å²) in [6.07, 6.45) is 3.40. The monoisotopic (exact) mass is 447 g/mol. The average Bonchev–Trinajstić information content (AvgIpc) is 3.24. The molecule has 0 aliphatic heterocycles. The van der Waals surface area contributed by atoms with Gasteiger partial charge in [0.05, 0.1) is 18.1 Å². The molecule has 0 atom stereocenters. The number of likely N-dealkylation sites (N-methyl/N-ethyl adjacent to an activating group) is 1. The van der Waals surface area contributed by atoms with E-state index < -0.39 is 5.97 Å². The molecule has 0 spiro atoms. The van der Waals surface area contributed by atoms with Gasteiger partial charge >= 0.3 is 5.97 Å². The lowest BCUT2D eigenvalue weighted by Crippen LogP contribution is -2.27. The highest BCUT2D eigenvalue weighted by atomic mass is 16.5. The second-order valence-electron chi connectivity index (χ2n) is 8.06. The van der Waals surface area contributed by atoms with Crippen LogP contribution < -0.4 is 10.2 Å². The van der Waals surface area contributed by atoms with Crippen LogP contribution in [0.5, 0.6) is 5.75 Å². The van der Waals surface area contributed by atoms with Gasteiger partial charge in [0.1, 0.15) is 23.7 Å². The highest BCUT2D eigenvalue weighted by molar-refractivity contribution is 5.95. The Morgan fingerprint density at radius 2 is 1.85 bits per heavy atom. The molecule has 3 aromatic rings. The molecule has 0 bridgehead atoms. The molecule has 0 radical (unpaired) electrons. The maximum atomic E-state index is 13.2. The Kier molecular flexibility index (Phi) is 6.94. The van der Waals surface area contributed by atoms with Crippen molar-refractivity contribution in [3.8, 4) is 5.75 Å². The van der Waals surface area contributed by atoms with Crippen LogP contribution in [0.25, 0.3) is 22.6 Å². The van der Waals surface area contributed by atoms with Crippen molar-refractivity contribution in [1.29, 1.82) is 0 Å². The number of esters is 1. The number of carbonyl (C=O) groups excluding carboxylic acids is 1. The van der Waals surface area contributed by atoms with Crippen molar-refractivity contribution in [2.24, 2.45) is 0 Å². The zero-order chi connectivity index (χ0) is 23.4. The van der Waals surface area contributed by atoms with Crippen molar-refractivity contribution in [3.63, 3.8) is 0 Å². The molecule has 0 unspecified atom stereocenters. The van der Waals surface area contributed by atoms with E-state index in [1.165, 1.54) is 0 Å². The van der Waals surface area contributed by atoms with Gasteiger partial charge in [0.25, 0.3) is 0 Å². The predicted molar refractivity (Wildman–Crippen MR) is 130 cm³/mol. The second kappa shape index (κ2) is 10.0. The van der Waals surface area contributed by atoms with Gasteiger partial charge in [-0.1, -0.05) is 26.0 Å². The summed E-state index contributed by atoms with van der Waals surface area (Å²) in [4.78, 5) is 27.9. The minimum absolute atomic E-state index is 0.0813. The number of ether oxygens (including phenoxy) is 2. The number of methoxy groups -OCH3 is 1. The molecule has 2 aromatic carbocycles. The molecule has 1 aliphatic carbocycles. The summed E-state index contributed by atoms with van der Waals surface area (Å²) in [7, 11) is 1.64. The van der Waals surface area contributed by atoms with E-state index in [0.717, 1.165) is 36.4 Å². The lowest BCUT2D eigenvalue weighted by atomic mass is 10.1. The van der Waals surface area contributed by atoms with E-state index in [2.05, 4.69) is 18.7 Å². The van der Waals surface area contributed by atoms with E-state index in [9.17, 15) is 9.59 Å². The first-order chi connectivity index (χ1) is 16.0. The summed E-state index contributed by atoms with van der Waals surface area (Å²) >= 11 is 0. The molecule has 172 valence electrons. The van der Waals surface area contributed by atoms with Crippen LogP contribution in [-0.4, -0.2) is 44.2 Å². The van der Waals surface area contributed by atoms with E-state index in [1.807, 2.05) is 30.3 Å². The van der Waals surface area contributed by atoms with E-state index in [0.29, 0.717) is 47.4 Å². The van der Waals surface area contributed by atoms with Gasteiger partial charge in [-0.25, -0.2) is 4.79 Å². The Bertz CT molecular complexity index is 1240. The SMILES string of the molecule is CCN(CC)CCOC(=O)c1ccc2oc3c(c(=O)c2c1)CCC3=Cc1ccc(OC)cc1. The fourth-order valence-corrected chi connectivity index (χ4v) is 4.15. The molecule has 0 N–H and O–H groups in total. The number of carbonyl (C=O) groups is 1. The molecule has 6 heteroatoms. The van der Waals surface area contributed by atoms with Gasteiger partial charge in [0, 0.05) is 12.1 Å². The molecule has 0 saturated heterocycles. The van der Waals surface area contributed by atoms with Crippen LogP contribution in [0.15, 0.2) is 51.7 Å². The molecular weight excluding hydrogens is 418 g/mol. The van der Waals surface area contributed by atoms with Crippen molar-refractivity contribution in [3.05, 3.63) is 75.1 Å². The smallest absolute Gasteiger partial charge is 0.338 e.